The average molecular weight is 349 g/mol. The molecule has 5 heteroatoms. The Morgan fingerprint density at radius 2 is 1.88 bits per heavy atom. The van der Waals surface area contributed by atoms with E-state index in [2.05, 4.69) is 29.6 Å². The summed E-state index contributed by atoms with van der Waals surface area (Å²) in [6.07, 6.45) is 3.40. The second-order valence-corrected chi connectivity index (χ2v) is 6.94. The van der Waals surface area contributed by atoms with Crippen LogP contribution in [-0.4, -0.2) is 30.6 Å². The molecule has 5 nitrogen and oxygen atoms in total. The number of urea groups is 1. The maximum absolute atomic E-state index is 12.6. The number of nitrogens with one attached hydrogen (secondary N) is 1. The summed E-state index contributed by atoms with van der Waals surface area (Å²) in [4.78, 5) is 14.5. The van der Waals surface area contributed by atoms with Gasteiger partial charge >= 0.3 is 6.03 Å². The molecule has 2 heterocycles. The summed E-state index contributed by atoms with van der Waals surface area (Å²) in [7, 11) is 0. The molecule has 0 radical (unpaired) electrons. The maximum atomic E-state index is 12.6. The number of furan rings is 1. The van der Waals surface area contributed by atoms with Gasteiger partial charge in [0.25, 0.3) is 0 Å². The molecule has 0 atom stereocenters. The lowest BCUT2D eigenvalue weighted by atomic mass is 9.73. The predicted octanol–water partition coefficient (Wildman–Crippen LogP) is 3.96. The van der Waals surface area contributed by atoms with Crippen LogP contribution in [0.2, 0.25) is 0 Å². The highest BCUT2D eigenvalue weighted by Crippen LogP contribution is 2.34. The zero-order chi connectivity index (χ0) is 18.0. The van der Waals surface area contributed by atoms with Gasteiger partial charge in [0, 0.05) is 42.2 Å². The molecule has 1 saturated heterocycles. The highest BCUT2D eigenvalue weighted by Gasteiger charge is 2.36. The number of piperidine rings is 1. The van der Waals surface area contributed by atoms with Gasteiger partial charge in [0.15, 0.2) is 0 Å². The molecule has 0 aliphatic carbocycles. The number of hydrogen-bond donors (Lipinski definition) is 2. The number of rotatable bonds is 3. The number of hydrogen-bond acceptors (Lipinski definition) is 3. The van der Waals surface area contributed by atoms with E-state index in [9.17, 15) is 4.79 Å². The number of fused-ring (bicyclic) bond motifs is 1. The molecule has 1 fully saturated rings. The first kappa shape index (κ1) is 16.7. The van der Waals surface area contributed by atoms with Crippen LogP contribution in [0.5, 0.6) is 0 Å². The first-order valence-corrected chi connectivity index (χ1v) is 8.99. The van der Waals surface area contributed by atoms with E-state index in [0.29, 0.717) is 19.6 Å². The van der Waals surface area contributed by atoms with Crippen molar-refractivity contribution < 1.29 is 9.21 Å². The summed E-state index contributed by atoms with van der Waals surface area (Å²) in [5, 5.41) is 4.00. The summed E-state index contributed by atoms with van der Waals surface area (Å²) >= 11 is 0. The molecule has 0 spiro atoms. The Hall–Kier alpha value is -2.79. The Morgan fingerprint density at radius 1 is 1.12 bits per heavy atom. The van der Waals surface area contributed by atoms with Gasteiger partial charge in [-0.1, -0.05) is 30.3 Å². The van der Waals surface area contributed by atoms with E-state index in [4.69, 9.17) is 10.2 Å². The topological polar surface area (TPSA) is 71.5 Å². The van der Waals surface area contributed by atoms with Gasteiger partial charge < -0.3 is 20.4 Å². The average Bonchev–Trinajstić information content (AvgIpc) is 3.16. The van der Waals surface area contributed by atoms with Crippen molar-refractivity contribution in [3.05, 3.63) is 66.4 Å². The van der Waals surface area contributed by atoms with Crippen LogP contribution in [0.25, 0.3) is 11.0 Å². The molecule has 2 aromatic carbocycles. The molecule has 0 bridgehead atoms. The van der Waals surface area contributed by atoms with Crippen LogP contribution in [0.15, 0.2) is 65.3 Å². The minimum absolute atomic E-state index is 0.0366. The summed E-state index contributed by atoms with van der Waals surface area (Å²) in [6.45, 7) is 1.99. The van der Waals surface area contributed by atoms with Gasteiger partial charge in [-0.25, -0.2) is 4.79 Å². The standard InChI is InChI=1S/C21H23N3O2/c22-15-21(17-4-2-1-3-5-17)9-11-24(12-10-21)20(25)23-18-7-6-16-8-13-26-19(16)14-18/h1-8,13-14H,9-12,15,22H2,(H,23,25). The zero-order valence-corrected chi connectivity index (χ0v) is 14.7. The molecule has 3 N–H and O–H groups in total. The van der Waals surface area contributed by atoms with Crippen molar-refractivity contribution in [1.29, 1.82) is 0 Å². The Kier molecular flexibility index (Phi) is 4.39. The van der Waals surface area contributed by atoms with Crippen molar-refractivity contribution in [2.45, 2.75) is 18.3 Å². The third kappa shape index (κ3) is 3.06. The molecule has 1 aliphatic rings. The Balaban J connectivity index is 1.43. The highest BCUT2D eigenvalue weighted by molar-refractivity contribution is 5.92. The molecule has 0 unspecified atom stereocenters. The fourth-order valence-corrected chi connectivity index (χ4v) is 3.78. The lowest BCUT2D eigenvalue weighted by Gasteiger charge is -2.41. The van der Waals surface area contributed by atoms with Gasteiger partial charge in [0.2, 0.25) is 0 Å². The van der Waals surface area contributed by atoms with Crippen molar-refractivity contribution in [1.82, 2.24) is 4.90 Å². The second kappa shape index (κ2) is 6.84. The number of likely N-dealkylation sites (tertiary alicyclic amines) is 1. The van der Waals surface area contributed by atoms with E-state index in [-0.39, 0.29) is 11.4 Å². The smallest absolute Gasteiger partial charge is 0.321 e. The molecule has 1 aliphatic heterocycles. The third-order valence-corrected chi connectivity index (χ3v) is 5.49. The molecule has 0 saturated carbocycles. The van der Waals surface area contributed by atoms with Crippen molar-refractivity contribution >= 4 is 22.7 Å². The van der Waals surface area contributed by atoms with Crippen LogP contribution < -0.4 is 11.1 Å². The van der Waals surface area contributed by atoms with Gasteiger partial charge in [0.1, 0.15) is 5.58 Å². The number of nitrogens with two attached hydrogens (primary N) is 1. The third-order valence-electron chi connectivity index (χ3n) is 5.49. The SMILES string of the molecule is NCC1(c2ccccc2)CCN(C(=O)Nc2ccc3ccoc3c2)CC1. The number of carbonyl (C=O) groups excluding carboxylic acids is 1. The monoisotopic (exact) mass is 349 g/mol. The van der Waals surface area contributed by atoms with E-state index >= 15 is 0 Å². The first-order chi connectivity index (χ1) is 12.7. The van der Waals surface area contributed by atoms with Gasteiger partial charge in [-0.05, 0) is 36.6 Å². The lowest BCUT2D eigenvalue weighted by molar-refractivity contribution is 0.170. The molecule has 2 amide bonds. The van der Waals surface area contributed by atoms with Crippen molar-refractivity contribution in [3.63, 3.8) is 0 Å². The minimum Gasteiger partial charge on any atom is -0.464 e. The largest absolute Gasteiger partial charge is 0.464 e. The van der Waals surface area contributed by atoms with E-state index in [1.165, 1.54) is 5.56 Å². The fourth-order valence-electron chi connectivity index (χ4n) is 3.78. The van der Waals surface area contributed by atoms with E-state index in [0.717, 1.165) is 29.5 Å². The van der Waals surface area contributed by atoms with E-state index in [1.807, 2.05) is 35.2 Å². The van der Waals surface area contributed by atoms with Gasteiger partial charge in [-0.2, -0.15) is 0 Å². The summed E-state index contributed by atoms with van der Waals surface area (Å²) < 4.78 is 5.40. The van der Waals surface area contributed by atoms with Crippen LogP contribution in [0.3, 0.4) is 0 Å². The van der Waals surface area contributed by atoms with Crippen molar-refractivity contribution in [2.24, 2.45) is 5.73 Å². The Morgan fingerprint density at radius 3 is 2.62 bits per heavy atom. The number of carbonyl (C=O) groups is 1. The molecule has 3 aromatic rings. The molecule has 26 heavy (non-hydrogen) atoms. The van der Waals surface area contributed by atoms with Gasteiger partial charge in [-0.3, -0.25) is 0 Å². The molecule has 4 rings (SSSR count). The second-order valence-electron chi connectivity index (χ2n) is 6.94. The van der Waals surface area contributed by atoms with Crippen LogP contribution in [0, 0.1) is 0 Å². The molecular formula is C21H23N3O2. The Bertz CT molecular complexity index is 896. The first-order valence-electron chi connectivity index (χ1n) is 8.99. The minimum atomic E-state index is -0.0745. The highest BCUT2D eigenvalue weighted by atomic mass is 16.3. The van der Waals surface area contributed by atoms with Crippen molar-refractivity contribution in [3.8, 4) is 0 Å². The van der Waals surface area contributed by atoms with Gasteiger partial charge in [-0.15, -0.1) is 0 Å². The molecular weight excluding hydrogens is 326 g/mol. The summed E-state index contributed by atoms with van der Waals surface area (Å²) in [5.74, 6) is 0. The van der Waals surface area contributed by atoms with Crippen LogP contribution in [-0.2, 0) is 5.41 Å². The normalized spacial score (nSPS) is 16.6. The van der Waals surface area contributed by atoms with E-state index < -0.39 is 0 Å². The molecule has 134 valence electrons. The fraction of sp³-hybridized carbons (Fsp3) is 0.286. The Labute approximate surface area is 152 Å². The number of nitrogens with zero attached hydrogens (tertiary/aromatic N) is 1. The molecule has 1 aromatic heterocycles. The van der Waals surface area contributed by atoms with Crippen LogP contribution in [0.1, 0.15) is 18.4 Å². The predicted molar refractivity (Wildman–Crippen MR) is 103 cm³/mol. The van der Waals surface area contributed by atoms with E-state index in [1.54, 1.807) is 6.26 Å². The van der Waals surface area contributed by atoms with Crippen molar-refractivity contribution in [2.75, 3.05) is 25.0 Å². The number of anilines is 1. The maximum Gasteiger partial charge on any atom is 0.321 e. The quantitative estimate of drug-likeness (QED) is 0.752. The van der Waals surface area contributed by atoms with Gasteiger partial charge in [0.05, 0.1) is 6.26 Å². The number of amides is 2. The lowest BCUT2D eigenvalue weighted by Crippen LogP contribution is -2.49. The summed E-state index contributed by atoms with van der Waals surface area (Å²) in [5.41, 5.74) is 8.88. The van der Waals surface area contributed by atoms with Crippen LogP contribution in [0.4, 0.5) is 10.5 Å². The number of benzene rings is 2. The summed E-state index contributed by atoms with van der Waals surface area (Å²) in [6, 6.07) is 17.9. The zero-order valence-electron chi connectivity index (χ0n) is 14.7. The van der Waals surface area contributed by atoms with Crippen LogP contribution >= 0.6 is 0 Å².